The van der Waals surface area contributed by atoms with E-state index < -0.39 is 0 Å². The number of hydrogen-bond donors (Lipinski definition) is 4. The molecular weight excluding hydrogens is 510 g/mol. The van der Waals surface area contributed by atoms with Crippen LogP contribution in [-0.4, -0.2) is 28.7 Å². The average Bonchev–Trinajstić information content (AvgIpc) is 3.20. The van der Waals surface area contributed by atoms with Gasteiger partial charge in [-0.3, -0.25) is 14.4 Å². The molecule has 0 saturated carbocycles. The summed E-state index contributed by atoms with van der Waals surface area (Å²) in [6.45, 7) is 11.1. The van der Waals surface area contributed by atoms with Crippen LogP contribution in [0.4, 0.5) is 17.1 Å². The quantitative estimate of drug-likeness (QED) is 0.220. The Morgan fingerprint density at radius 1 is 1.00 bits per heavy atom. The van der Waals surface area contributed by atoms with Gasteiger partial charge in [0.1, 0.15) is 9.71 Å². The third-order valence-electron chi connectivity index (χ3n) is 6.60. The van der Waals surface area contributed by atoms with Crippen molar-refractivity contribution in [2.45, 2.75) is 54.0 Å². The highest BCUT2D eigenvalue weighted by Crippen LogP contribution is 2.42. The first-order valence-electron chi connectivity index (χ1n) is 12.8. The highest BCUT2D eigenvalue weighted by molar-refractivity contribution is 7.21. The molecule has 0 aliphatic heterocycles. The van der Waals surface area contributed by atoms with E-state index in [1.807, 2.05) is 58.0 Å². The van der Waals surface area contributed by atoms with E-state index in [1.165, 1.54) is 18.3 Å². The Kier molecular flexibility index (Phi) is 8.01. The zero-order chi connectivity index (χ0) is 28.4. The maximum Gasteiger partial charge on any atom is 0.263 e. The number of thiophene rings is 1. The Hall–Kier alpha value is -4.24. The normalized spacial score (nSPS) is 11.7. The molecule has 3 amide bonds. The molecule has 0 bridgehead atoms. The van der Waals surface area contributed by atoms with E-state index >= 15 is 0 Å². The summed E-state index contributed by atoms with van der Waals surface area (Å²) in [6, 6.07) is 13.0. The van der Waals surface area contributed by atoms with Crippen molar-refractivity contribution in [3.63, 3.8) is 0 Å². The van der Waals surface area contributed by atoms with Crippen molar-refractivity contribution in [3.8, 4) is 11.1 Å². The number of fused-ring (bicyclic) bond motifs is 1. The number of aromatic nitrogens is 1. The van der Waals surface area contributed by atoms with Gasteiger partial charge < -0.3 is 21.7 Å². The molecule has 39 heavy (non-hydrogen) atoms. The number of carbonyl (C=O) groups is 3. The number of aryl methyl sites for hydroxylation is 3. The van der Waals surface area contributed by atoms with Crippen LogP contribution in [0.5, 0.6) is 0 Å². The van der Waals surface area contributed by atoms with Gasteiger partial charge in [0.25, 0.3) is 11.8 Å². The zero-order valence-corrected chi connectivity index (χ0v) is 23.8. The second-order valence-electron chi connectivity index (χ2n) is 9.79. The Balaban J connectivity index is 1.92. The molecule has 0 saturated heterocycles. The molecule has 2 aromatic heterocycles. The summed E-state index contributed by atoms with van der Waals surface area (Å²) in [5.74, 6) is -0.779. The number of rotatable bonds is 7. The van der Waals surface area contributed by atoms with Gasteiger partial charge in [0.2, 0.25) is 5.91 Å². The fourth-order valence-electron chi connectivity index (χ4n) is 4.45. The van der Waals surface area contributed by atoms with Crippen molar-refractivity contribution in [1.82, 2.24) is 10.3 Å². The van der Waals surface area contributed by atoms with Gasteiger partial charge in [0.05, 0.1) is 16.9 Å². The second-order valence-corrected chi connectivity index (χ2v) is 10.8. The van der Waals surface area contributed by atoms with Crippen LogP contribution in [-0.2, 0) is 4.79 Å². The highest BCUT2D eigenvalue weighted by atomic mass is 32.1. The lowest BCUT2D eigenvalue weighted by molar-refractivity contribution is -0.114. The molecule has 1 atom stereocenters. The number of nitrogens with two attached hydrogens (primary N) is 1. The molecule has 8 nitrogen and oxygen atoms in total. The van der Waals surface area contributed by atoms with Gasteiger partial charge in [-0.25, -0.2) is 4.98 Å². The van der Waals surface area contributed by atoms with E-state index in [1.54, 1.807) is 19.1 Å². The van der Waals surface area contributed by atoms with Crippen molar-refractivity contribution in [1.29, 1.82) is 0 Å². The van der Waals surface area contributed by atoms with Crippen LogP contribution in [0.25, 0.3) is 21.3 Å². The van der Waals surface area contributed by atoms with Crippen LogP contribution >= 0.6 is 11.3 Å². The van der Waals surface area contributed by atoms with E-state index in [9.17, 15) is 14.4 Å². The van der Waals surface area contributed by atoms with Gasteiger partial charge in [-0.1, -0.05) is 36.8 Å². The predicted molar refractivity (Wildman–Crippen MR) is 160 cm³/mol. The van der Waals surface area contributed by atoms with E-state index in [-0.39, 0.29) is 29.5 Å². The monoisotopic (exact) mass is 543 g/mol. The van der Waals surface area contributed by atoms with Crippen molar-refractivity contribution in [2.75, 3.05) is 16.4 Å². The summed E-state index contributed by atoms with van der Waals surface area (Å²) in [4.78, 5) is 44.1. The van der Waals surface area contributed by atoms with Gasteiger partial charge in [-0.05, 0) is 63.4 Å². The molecule has 9 heteroatoms. The van der Waals surface area contributed by atoms with E-state index in [0.29, 0.717) is 48.9 Å². The van der Waals surface area contributed by atoms with Crippen LogP contribution < -0.4 is 21.7 Å². The first kappa shape index (κ1) is 27.8. The lowest BCUT2D eigenvalue weighted by Crippen LogP contribution is -2.31. The standard InChI is InChI=1S/C30H33N5O3S/c1-7-17(4)32-29(38)27-26(31)25-24(20-9-11-21(12-10-20)34-19(6)36)23(18(5)33-30(25)39-27)28(37)35-22-13-8-15(2)14-16(22)3/h8-14,17H,7,31H2,1-6H3,(H,32,38)(H,34,36)(H,35,37). The van der Waals surface area contributed by atoms with Crippen molar-refractivity contribution < 1.29 is 14.4 Å². The van der Waals surface area contributed by atoms with Gasteiger partial charge >= 0.3 is 0 Å². The molecule has 202 valence electrons. The number of nitrogen functional groups attached to an aromatic ring is 1. The van der Waals surface area contributed by atoms with E-state index in [0.717, 1.165) is 17.5 Å². The molecule has 0 aliphatic rings. The maximum absolute atomic E-state index is 13.8. The summed E-state index contributed by atoms with van der Waals surface area (Å²) >= 11 is 1.21. The molecule has 5 N–H and O–H groups in total. The minimum absolute atomic E-state index is 0.0170. The molecule has 0 fully saturated rings. The lowest BCUT2D eigenvalue weighted by Gasteiger charge is -2.16. The zero-order valence-electron chi connectivity index (χ0n) is 23.0. The number of nitrogens with zero attached hydrogens (tertiary/aromatic N) is 1. The summed E-state index contributed by atoms with van der Waals surface area (Å²) < 4.78 is 0. The molecule has 0 radical (unpaired) electrons. The fraction of sp³-hybridized carbons (Fsp3) is 0.267. The molecule has 2 heterocycles. The number of anilines is 3. The molecule has 2 aromatic carbocycles. The van der Waals surface area contributed by atoms with Crippen LogP contribution in [0.1, 0.15) is 64.0 Å². The highest BCUT2D eigenvalue weighted by Gasteiger charge is 2.27. The van der Waals surface area contributed by atoms with Crippen molar-refractivity contribution >= 4 is 56.3 Å². The Labute approximate surface area is 232 Å². The first-order valence-corrected chi connectivity index (χ1v) is 13.6. The van der Waals surface area contributed by atoms with Crippen LogP contribution in [0.2, 0.25) is 0 Å². The largest absolute Gasteiger partial charge is 0.397 e. The number of benzene rings is 2. The van der Waals surface area contributed by atoms with E-state index in [2.05, 4.69) is 16.0 Å². The Morgan fingerprint density at radius 3 is 2.31 bits per heavy atom. The lowest BCUT2D eigenvalue weighted by atomic mass is 9.94. The smallest absolute Gasteiger partial charge is 0.263 e. The third-order valence-corrected chi connectivity index (χ3v) is 7.70. The number of hydrogen-bond acceptors (Lipinski definition) is 6. The predicted octanol–water partition coefficient (Wildman–Crippen LogP) is 6.21. The fourth-order valence-corrected chi connectivity index (χ4v) is 5.51. The summed E-state index contributed by atoms with van der Waals surface area (Å²) in [5, 5.41) is 9.32. The van der Waals surface area contributed by atoms with Crippen LogP contribution in [0.3, 0.4) is 0 Å². The average molecular weight is 544 g/mol. The summed E-state index contributed by atoms with van der Waals surface area (Å²) in [7, 11) is 0. The SMILES string of the molecule is CCC(C)NC(=O)c1sc2nc(C)c(C(=O)Nc3ccc(C)cc3C)c(-c3ccc(NC(C)=O)cc3)c2c1N. The summed E-state index contributed by atoms with van der Waals surface area (Å²) in [5.41, 5.74) is 12.5. The minimum Gasteiger partial charge on any atom is -0.397 e. The molecule has 0 aliphatic carbocycles. The van der Waals surface area contributed by atoms with E-state index in [4.69, 9.17) is 10.7 Å². The topological polar surface area (TPSA) is 126 Å². The molecular formula is C30H33N5O3S. The minimum atomic E-state index is -0.328. The molecule has 4 aromatic rings. The maximum atomic E-state index is 13.8. The number of amides is 3. The van der Waals surface area contributed by atoms with Gasteiger partial charge in [0, 0.05) is 35.3 Å². The number of carbonyl (C=O) groups excluding carboxylic acids is 3. The van der Waals surface area contributed by atoms with Crippen LogP contribution in [0.15, 0.2) is 42.5 Å². The molecule has 0 spiro atoms. The Bertz CT molecular complexity index is 1590. The van der Waals surface area contributed by atoms with Gasteiger partial charge in [0.15, 0.2) is 0 Å². The second kappa shape index (κ2) is 11.2. The number of pyridine rings is 1. The van der Waals surface area contributed by atoms with Crippen LogP contribution in [0, 0.1) is 20.8 Å². The first-order chi connectivity index (χ1) is 18.5. The Morgan fingerprint density at radius 2 is 1.69 bits per heavy atom. The third kappa shape index (κ3) is 5.78. The van der Waals surface area contributed by atoms with Gasteiger partial charge in [-0.2, -0.15) is 0 Å². The summed E-state index contributed by atoms with van der Waals surface area (Å²) in [6.07, 6.45) is 0.780. The molecule has 4 rings (SSSR count). The number of nitrogens with one attached hydrogen (secondary N) is 3. The van der Waals surface area contributed by atoms with Crippen molar-refractivity contribution in [2.24, 2.45) is 0 Å². The van der Waals surface area contributed by atoms with Crippen molar-refractivity contribution in [3.05, 3.63) is 69.7 Å². The molecule has 1 unspecified atom stereocenters. The van der Waals surface area contributed by atoms with Gasteiger partial charge in [-0.15, -0.1) is 11.3 Å².